The van der Waals surface area contributed by atoms with Crippen LogP contribution in [0.2, 0.25) is 0 Å². The van der Waals surface area contributed by atoms with E-state index < -0.39 is 0 Å². The minimum absolute atomic E-state index is 0.153. The van der Waals surface area contributed by atoms with Crippen molar-refractivity contribution in [3.05, 3.63) is 59.7 Å². The normalized spacial score (nSPS) is 12.1. The second kappa shape index (κ2) is 9.27. The summed E-state index contributed by atoms with van der Waals surface area (Å²) in [6.07, 6.45) is 2.04. The van der Waals surface area contributed by atoms with E-state index in [4.69, 9.17) is 9.47 Å². The molecule has 0 spiro atoms. The van der Waals surface area contributed by atoms with Crippen LogP contribution in [-0.4, -0.2) is 24.3 Å². The third-order valence-corrected chi connectivity index (χ3v) is 3.88. The van der Waals surface area contributed by atoms with Gasteiger partial charge in [-0.15, -0.1) is 0 Å². The maximum atomic E-state index is 5.86. The first kappa shape index (κ1) is 21.3. The SMILES string of the molecule is CC(C)(C)Oc1ccc(CCNCCc2ccc(OC(C)(C)C)cc2)cc1. The van der Waals surface area contributed by atoms with Gasteiger partial charge in [0.05, 0.1) is 0 Å². The molecule has 0 heterocycles. The standard InChI is InChI=1S/C24H35NO2/c1-23(2,3)26-21-11-7-19(8-12-21)15-17-25-18-16-20-9-13-22(14-10-20)27-24(4,5)6/h7-14,25H,15-18H2,1-6H3. The Morgan fingerprint density at radius 3 is 1.22 bits per heavy atom. The Morgan fingerprint density at radius 2 is 0.926 bits per heavy atom. The van der Waals surface area contributed by atoms with E-state index in [9.17, 15) is 0 Å². The van der Waals surface area contributed by atoms with Gasteiger partial charge in [0.2, 0.25) is 0 Å². The first-order valence-corrected chi connectivity index (χ1v) is 9.87. The minimum Gasteiger partial charge on any atom is -0.488 e. The fraction of sp³-hybridized carbons (Fsp3) is 0.500. The number of hydrogen-bond donors (Lipinski definition) is 1. The van der Waals surface area contributed by atoms with Crippen molar-refractivity contribution in [2.24, 2.45) is 0 Å². The zero-order valence-electron chi connectivity index (χ0n) is 17.8. The van der Waals surface area contributed by atoms with Crippen LogP contribution in [0.15, 0.2) is 48.5 Å². The van der Waals surface area contributed by atoms with Crippen LogP contribution in [0.5, 0.6) is 11.5 Å². The lowest BCUT2D eigenvalue weighted by molar-refractivity contribution is 0.130. The fourth-order valence-electron chi connectivity index (χ4n) is 2.75. The van der Waals surface area contributed by atoms with Gasteiger partial charge in [0.1, 0.15) is 22.7 Å². The third-order valence-electron chi connectivity index (χ3n) is 3.88. The molecule has 0 unspecified atom stereocenters. The van der Waals surface area contributed by atoms with Gasteiger partial charge in [-0.3, -0.25) is 0 Å². The summed E-state index contributed by atoms with van der Waals surface area (Å²) < 4.78 is 11.7. The van der Waals surface area contributed by atoms with E-state index in [1.807, 2.05) is 0 Å². The van der Waals surface area contributed by atoms with Crippen LogP contribution >= 0.6 is 0 Å². The van der Waals surface area contributed by atoms with Crippen molar-refractivity contribution in [2.45, 2.75) is 65.6 Å². The molecule has 0 atom stereocenters. The Balaban J connectivity index is 1.67. The first-order chi connectivity index (χ1) is 12.6. The molecule has 3 heteroatoms. The van der Waals surface area contributed by atoms with Crippen LogP contribution in [-0.2, 0) is 12.8 Å². The van der Waals surface area contributed by atoms with Crippen LogP contribution in [0.25, 0.3) is 0 Å². The summed E-state index contributed by atoms with van der Waals surface area (Å²) in [5.41, 5.74) is 2.35. The van der Waals surface area contributed by atoms with Gasteiger partial charge < -0.3 is 14.8 Å². The van der Waals surface area contributed by atoms with Crippen molar-refractivity contribution in [1.29, 1.82) is 0 Å². The van der Waals surface area contributed by atoms with Gasteiger partial charge in [-0.2, -0.15) is 0 Å². The monoisotopic (exact) mass is 369 g/mol. The van der Waals surface area contributed by atoms with E-state index in [1.165, 1.54) is 11.1 Å². The smallest absolute Gasteiger partial charge is 0.120 e. The van der Waals surface area contributed by atoms with Crippen LogP contribution in [0.1, 0.15) is 52.7 Å². The summed E-state index contributed by atoms with van der Waals surface area (Å²) in [7, 11) is 0. The minimum atomic E-state index is -0.153. The molecule has 0 amide bonds. The average molecular weight is 370 g/mol. The van der Waals surface area contributed by atoms with Gasteiger partial charge in [0.25, 0.3) is 0 Å². The molecule has 27 heavy (non-hydrogen) atoms. The summed E-state index contributed by atoms with van der Waals surface area (Å²) in [6.45, 7) is 14.3. The highest BCUT2D eigenvalue weighted by molar-refractivity contribution is 5.29. The Morgan fingerprint density at radius 1 is 0.593 bits per heavy atom. The van der Waals surface area contributed by atoms with Crippen molar-refractivity contribution < 1.29 is 9.47 Å². The molecule has 2 aromatic rings. The lowest BCUT2D eigenvalue weighted by Crippen LogP contribution is -2.23. The van der Waals surface area contributed by atoms with Crippen molar-refractivity contribution in [3.8, 4) is 11.5 Å². The van der Waals surface area contributed by atoms with Gasteiger partial charge >= 0.3 is 0 Å². The lowest BCUT2D eigenvalue weighted by Gasteiger charge is -2.21. The van der Waals surface area contributed by atoms with E-state index in [2.05, 4.69) is 95.4 Å². The molecule has 2 aromatic carbocycles. The van der Waals surface area contributed by atoms with Crippen molar-refractivity contribution >= 4 is 0 Å². The average Bonchev–Trinajstić information content (AvgIpc) is 2.55. The number of benzene rings is 2. The zero-order chi connectivity index (χ0) is 19.9. The summed E-state index contributed by atoms with van der Waals surface area (Å²) in [5.74, 6) is 1.86. The molecule has 0 aromatic heterocycles. The highest BCUT2D eigenvalue weighted by Crippen LogP contribution is 2.19. The topological polar surface area (TPSA) is 30.5 Å². The molecule has 3 nitrogen and oxygen atoms in total. The lowest BCUT2D eigenvalue weighted by atomic mass is 10.1. The molecular formula is C24H35NO2. The molecule has 0 aliphatic heterocycles. The van der Waals surface area contributed by atoms with Crippen molar-refractivity contribution in [1.82, 2.24) is 5.32 Å². The van der Waals surface area contributed by atoms with Gasteiger partial charge in [0, 0.05) is 0 Å². The third kappa shape index (κ3) is 8.96. The van der Waals surface area contributed by atoms with Gasteiger partial charge in [-0.1, -0.05) is 24.3 Å². The number of hydrogen-bond acceptors (Lipinski definition) is 3. The zero-order valence-corrected chi connectivity index (χ0v) is 17.8. The van der Waals surface area contributed by atoms with Crippen molar-refractivity contribution in [2.75, 3.05) is 13.1 Å². The van der Waals surface area contributed by atoms with Gasteiger partial charge in [-0.05, 0) is 103 Å². The molecule has 0 saturated heterocycles. The maximum absolute atomic E-state index is 5.86. The second-order valence-electron chi connectivity index (χ2n) is 8.97. The molecule has 0 fully saturated rings. The predicted octanol–water partition coefficient (Wildman–Crippen LogP) is 5.42. The molecule has 0 radical (unpaired) electrons. The molecule has 0 saturated carbocycles. The Bertz CT molecular complexity index is 615. The molecular weight excluding hydrogens is 334 g/mol. The van der Waals surface area contributed by atoms with Gasteiger partial charge in [0.15, 0.2) is 0 Å². The van der Waals surface area contributed by atoms with E-state index in [0.29, 0.717) is 0 Å². The predicted molar refractivity (Wildman–Crippen MR) is 114 cm³/mol. The molecule has 2 rings (SSSR count). The second-order valence-corrected chi connectivity index (χ2v) is 8.97. The quantitative estimate of drug-likeness (QED) is 0.631. The van der Waals surface area contributed by atoms with E-state index >= 15 is 0 Å². The molecule has 0 aliphatic rings. The summed E-state index contributed by atoms with van der Waals surface area (Å²) >= 11 is 0. The van der Waals surface area contributed by atoms with E-state index in [0.717, 1.165) is 37.4 Å². The molecule has 0 bridgehead atoms. The molecule has 1 N–H and O–H groups in total. The van der Waals surface area contributed by atoms with Gasteiger partial charge in [-0.25, -0.2) is 0 Å². The number of nitrogens with one attached hydrogen (secondary N) is 1. The largest absolute Gasteiger partial charge is 0.488 e. The number of rotatable bonds is 8. The van der Waals surface area contributed by atoms with Crippen LogP contribution < -0.4 is 14.8 Å². The molecule has 148 valence electrons. The van der Waals surface area contributed by atoms with E-state index in [1.54, 1.807) is 0 Å². The van der Waals surface area contributed by atoms with Crippen LogP contribution in [0.4, 0.5) is 0 Å². The summed E-state index contributed by atoms with van der Waals surface area (Å²) in [5, 5.41) is 3.53. The summed E-state index contributed by atoms with van der Waals surface area (Å²) in [6, 6.07) is 16.8. The summed E-state index contributed by atoms with van der Waals surface area (Å²) in [4.78, 5) is 0. The highest BCUT2D eigenvalue weighted by Gasteiger charge is 2.12. The Hall–Kier alpha value is -2.00. The van der Waals surface area contributed by atoms with Crippen LogP contribution in [0.3, 0.4) is 0 Å². The van der Waals surface area contributed by atoms with Crippen molar-refractivity contribution in [3.63, 3.8) is 0 Å². The Labute approximate surface area is 165 Å². The fourth-order valence-corrected chi connectivity index (χ4v) is 2.75. The first-order valence-electron chi connectivity index (χ1n) is 9.87. The number of ether oxygens (including phenoxy) is 2. The maximum Gasteiger partial charge on any atom is 0.120 e. The highest BCUT2D eigenvalue weighted by atomic mass is 16.5. The van der Waals surface area contributed by atoms with Crippen LogP contribution in [0, 0.1) is 0 Å². The Kier molecular flexibility index (Phi) is 7.32. The molecule has 0 aliphatic carbocycles. The van der Waals surface area contributed by atoms with E-state index in [-0.39, 0.29) is 11.2 Å².